The lowest BCUT2D eigenvalue weighted by Crippen LogP contribution is -2.04. The summed E-state index contributed by atoms with van der Waals surface area (Å²) in [5.74, 6) is -0.821. The number of ether oxygens (including phenoxy) is 1. The van der Waals surface area contributed by atoms with Gasteiger partial charge in [-0.05, 0) is 55.0 Å². The number of rotatable bonds is 4. The SMILES string of the molecule is CC1CCOC1.CCc1ccc(-c2ccn(Cc3cccc(F)c3F)n2)cc1C. The van der Waals surface area contributed by atoms with E-state index >= 15 is 0 Å². The van der Waals surface area contributed by atoms with Crippen LogP contribution in [-0.2, 0) is 17.7 Å². The number of halogens is 2. The maximum Gasteiger partial charge on any atom is 0.163 e. The summed E-state index contributed by atoms with van der Waals surface area (Å²) in [5.41, 5.74) is 4.69. The van der Waals surface area contributed by atoms with Gasteiger partial charge in [0.2, 0.25) is 0 Å². The minimum Gasteiger partial charge on any atom is -0.381 e. The molecule has 0 radical (unpaired) electrons. The Hall–Kier alpha value is -2.53. The fraction of sp³-hybridized carbons (Fsp3) is 0.375. The van der Waals surface area contributed by atoms with Gasteiger partial charge in [0.15, 0.2) is 11.6 Å². The number of nitrogens with zero attached hydrogens (tertiary/aromatic N) is 2. The average Bonchev–Trinajstić information content (AvgIpc) is 3.37. The van der Waals surface area contributed by atoms with Gasteiger partial charge in [0.1, 0.15) is 0 Å². The summed E-state index contributed by atoms with van der Waals surface area (Å²) in [6.45, 7) is 8.61. The van der Waals surface area contributed by atoms with Crippen LogP contribution in [0.15, 0.2) is 48.7 Å². The van der Waals surface area contributed by atoms with Crippen molar-refractivity contribution in [2.24, 2.45) is 5.92 Å². The Morgan fingerprint density at radius 3 is 2.59 bits per heavy atom. The van der Waals surface area contributed by atoms with Crippen molar-refractivity contribution in [2.75, 3.05) is 13.2 Å². The first-order valence-corrected chi connectivity index (χ1v) is 10.1. The molecule has 0 saturated carbocycles. The summed E-state index contributed by atoms with van der Waals surface area (Å²) in [6.07, 6.45) is 4.04. The molecule has 0 N–H and O–H groups in total. The Kier molecular flexibility index (Phi) is 7.15. The van der Waals surface area contributed by atoms with E-state index in [2.05, 4.69) is 38.0 Å². The van der Waals surface area contributed by atoms with Crippen LogP contribution in [0.4, 0.5) is 8.78 Å². The fourth-order valence-corrected chi connectivity index (χ4v) is 3.35. The maximum atomic E-state index is 13.7. The van der Waals surface area contributed by atoms with Crippen molar-refractivity contribution in [1.29, 1.82) is 0 Å². The molecule has 1 atom stereocenters. The van der Waals surface area contributed by atoms with Gasteiger partial charge in [-0.2, -0.15) is 5.10 Å². The maximum absolute atomic E-state index is 13.7. The van der Waals surface area contributed by atoms with Crippen LogP contribution in [0.3, 0.4) is 0 Å². The van der Waals surface area contributed by atoms with Gasteiger partial charge < -0.3 is 4.74 Å². The monoisotopic (exact) mass is 398 g/mol. The van der Waals surface area contributed by atoms with E-state index in [9.17, 15) is 8.78 Å². The minimum atomic E-state index is -0.833. The highest BCUT2D eigenvalue weighted by Gasteiger charge is 2.10. The van der Waals surface area contributed by atoms with Crippen molar-refractivity contribution in [3.05, 3.63) is 77.0 Å². The first-order valence-electron chi connectivity index (χ1n) is 10.1. The lowest BCUT2D eigenvalue weighted by atomic mass is 10.0. The largest absolute Gasteiger partial charge is 0.381 e. The van der Waals surface area contributed by atoms with Crippen molar-refractivity contribution in [2.45, 2.75) is 40.2 Å². The summed E-state index contributed by atoms with van der Waals surface area (Å²) < 4.78 is 33.7. The first kappa shape index (κ1) is 21.2. The first-order chi connectivity index (χ1) is 14.0. The molecular formula is C24H28F2N2O. The normalized spacial score (nSPS) is 15.8. The third kappa shape index (κ3) is 5.51. The van der Waals surface area contributed by atoms with Crippen molar-refractivity contribution >= 4 is 0 Å². The van der Waals surface area contributed by atoms with E-state index in [4.69, 9.17) is 4.74 Å². The molecule has 0 aliphatic carbocycles. The molecule has 154 valence electrons. The average molecular weight is 398 g/mol. The van der Waals surface area contributed by atoms with Crippen LogP contribution in [0.2, 0.25) is 0 Å². The zero-order chi connectivity index (χ0) is 20.8. The van der Waals surface area contributed by atoms with E-state index in [-0.39, 0.29) is 12.1 Å². The molecule has 4 rings (SSSR count). The molecule has 3 nitrogen and oxygen atoms in total. The van der Waals surface area contributed by atoms with E-state index in [1.807, 2.05) is 12.1 Å². The standard InChI is InChI=1S/C19H18F2N2.C5H10O/c1-3-14-7-8-15(11-13(14)2)18-9-10-23(22-18)12-16-5-4-6-17(20)19(16)21;1-5-2-3-6-4-5/h4-11H,3,12H2,1-2H3;5H,2-4H2,1H3. The number of hydrogen-bond acceptors (Lipinski definition) is 2. The van der Waals surface area contributed by atoms with Gasteiger partial charge in [-0.1, -0.05) is 38.1 Å². The van der Waals surface area contributed by atoms with Gasteiger partial charge in [-0.3, -0.25) is 4.68 Å². The van der Waals surface area contributed by atoms with E-state index in [0.29, 0.717) is 0 Å². The summed E-state index contributed by atoms with van der Waals surface area (Å²) in [6, 6.07) is 12.3. The second-order valence-electron chi connectivity index (χ2n) is 7.58. The number of benzene rings is 2. The molecular weight excluding hydrogens is 370 g/mol. The Bertz CT molecular complexity index is 946. The van der Waals surface area contributed by atoms with Crippen LogP contribution in [0.5, 0.6) is 0 Å². The van der Waals surface area contributed by atoms with E-state index < -0.39 is 11.6 Å². The van der Waals surface area contributed by atoms with Crippen molar-refractivity contribution in [1.82, 2.24) is 9.78 Å². The molecule has 1 aromatic heterocycles. The molecule has 2 heterocycles. The summed E-state index contributed by atoms with van der Waals surface area (Å²) >= 11 is 0. The van der Waals surface area contributed by atoms with E-state index in [0.717, 1.165) is 42.9 Å². The van der Waals surface area contributed by atoms with Gasteiger partial charge >= 0.3 is 0 Å². The Labute approximate surface area is 171 Å². The summed E-state index contributed by atoms with van der Waals surface area (Å²) in [5, 5.41) is 4.47. The van der Waals surface area contributed by atoms with Gasteiger partial charge in [0, 0.05) is 30.5 Å². The van der Waals surface area contributed by atoms with Crippen LogP contribution in [-0.4, -0.2) is 23.0 Å². The topological polar surface area (TPSA) is 27.1 Å². The minimum absolute atomic E-state index is 0.204. The quantitative estimate of drug-likeness (QED) is 0.556. The van der Waals surface area contributed by atoms with Crippen LogP contribution in [0.25, 0.3) is 11.3 Å². The molecule has 2 aromatic carbocycles. The highest BCUT2D eigenvalue weighted by atomic mass is 19.2. The van der Waals surface area contributed by atoms with Crippen LogP contribution in [0, 0.1) is 24.5 Å². The summed E-state index contributed by atoms with van der Waals surface area (Å²) in [4.78, 5) is 0. The zero-order valence-corrected chi connectivity index (χ0v) is 17.3. The fourth-order valence-electron chi connectivity index (χ4n) is 3.35. The van der Waals surface area contributed by atoms with Crippen LogP contribution < -0.4 is 0 Å². The molecule has 1 aliphatic heterocycles. The van der Waals surface area contributed by atoms with Crippen LogP contribution >= 0.6 is 0 Å². The Morgan fingerprint density at radius 2 is 1.97 bits per heavy atom. The molecule has 29 heavy (non-hydrogen) atoms. The number of hydrogen-bond donors (Lipinski definition) is 0. The number of aryl methyl sites for hydroxylation is 2. The van der Waals surface area contributed by atoms with Gasteiger partial charge in [-0.15, -0.1) is 0 Å². The van der Waals surface area contributed by atoms with Gasteiger partial charge in [0.25, 0.3) is 0 Å². The third-order valence-corrected chi connectivity index (χ3v) is 5.18. The number of aromatic nitrogens is 2. The van der Waals surface area contributed by atoms with E-state index in [1.54, 1.807) is 16.9 Å². The molecule has 5 heteroatoms. The van der Waals surface area contributed by atoms with Gasteiger partial charge in [-0.25, -0.2) is 8.78 Å². The lowest BCUT2D eigenvalue weighted by molar-refractivity contribution is 0.188. The molecule has 1 fully saturated rings. The Morgan fingerprint density at radius 1 is 1.14 bits per heavy atom. The smallest absolute Gasteiger partial charge is 0.163 e. The van der Waals surface area contributed by atoms with Crippen molar-refractivity contribution < 1.29 is 13.5 Å². The lowest BCUT2D eigenvalue weighted by Gasteiger charge is -2.06. The molecule has 1 saturated heterocycles. The Balaban J connectivity index is 0.000000343. The highest BCUT2D eigenvalue weighted by molar-refractivity contribution is 5.60. The molecule has 0 bridgehead atoms. The highest BCUT2D eigenvalue weighted by Crippen LogP contribution is 2.22. The van der Waals surface area contributed by atoms with E-state index in [1.165, 1.54) is 23.6 Å². The predicted octanol–water partition coefficient (Wildman–Crippen LogP) is 5.79. The zero-order valence-electron chi connectivity index (χ0n) is 17.3. The molecule has 0 amide bonds. The predicted molar refractivity (Wildman–Crippen MR) is 112 cm³/mol. The van der Waals surface area contributed by atoms with Crippen molar-refractivity contribution in [3.63, 3.8) is 0 Å². The van der Waals surface area contributed by atoms with Gasteiger partial charge in [0.05, 0.1) is 12.2 Å². The second-order valence-corrected chi connectivity index (χ2v) is 7.58. The molecule has 0 spiro atoms. The van der Waals surface area contributed by atoms with Crippen molar-refractivity contribution in [3.8, 4) is 11.3 Å². The molecule has 3 aromatic rings. The summed E-state index contributed by atoms with van der Waals surface area (Å²) in [7, 11) is 0. The molecule has 1 unspecified atom stereocenters. The molecule has 1 aliphatic rings. The van der Waals surface area contributed by atoms with Crippen LogP contribution in [0.1, 0.15) is 37.0 Å². The third-order valence-electron chi connectivity index (χ3n) is 5.18. The second kappa shape index (κ2) is 9.79.